The van der Waals surface area contributed by atoms with Gasteiger partial charge in [-0.15, -0.1) is 0 Å². The van der Waals surface area contributed by atoms with Crippen molar-refractivity contribution in [3.63, 3.8) is 0 Å². The van der Waals surface area contributed by atoms with E-state index in [4.69, 9.17) is 19.6 Å². The minimum absolute atomic E-state index is 0.433. The van der Waals surface area contributed by atoms with E-state index in [1.165, 1.54) is 0 Å². The van der Waals surface area contributed by atoms with Crippen LogP contribution < -0.4 is 4.74 Å². The number of ether oxygens (including phenoxy) is 3. The zero-order valence-electron chi connectivity index (χ0n) is 17.3. The number of nitrogens with zero attached hydrogens (tertiary/aromatic N) is 3. The van der Waals surface area contributed by atoms with Gasteiger partial charge in [0.25, 0.3) is 0 Å². The summed E-state index contributed by atoms with van der Waals surface area (Å²) >= 11 is 0. The molecule has 4 atom stereocenters. The van der Waals surface area contributed by atoms with Crippen molar-refractivity contribution in [3.05, 3.63) is 65.2 Å². The van der Waals surface area contributed by atoms with E-state index in [0.29, 0.717) is 16.9 Å². The van der Waals surface area contributed by atoms with Crippen LogP contribution in [0.3, 0.4) is 0 Å². The van der Waals surface area contributed by atoms with Crippen molar-refractivity contribution in [2.45, 2.75) is 25.7 Å². The quantitative estimate of drug-likeness (QED) is 0.809. The molecule has 2 aromatic rings. The lowest BCUT2D eigenvalue weighted by molar-refractivity contribution is -0.288. The number of benzene rings is 2. The molecule has 2 aromatic carbocycles. The van der Waals surface area contributed by atoms with Crippen LogP contribution in [0, 0.1) is 63.1 Å². The summed E-state index contributed by atoms with van der Waals surface area (Å²) in [5, 5.41) is 39.5. The number of nitriles is 3. The number of hydrogen-bond donors (Lipinski definition) is 1. The van der Waals surface area contributed by atoms with Gasteiger partial charge >= 0.3 is 0 Å². The first-order valence-electron chi connectivity index (χ1n) is 9.76. The van der Waals surface area contributed by atoms with E-state index in [1.807, 2.05) is 19.1 Å². The average molecular weight is 412 g/mol. The maximum absolute atomic E-state index is 10.3. The zero-order chi connectivity index (χ0) is 22.4. The summed E-state index contributed by atoms with van der Waals surface area (Å²) in [5.74, 6) is -2.12. The van der Waals surface area contributed by atoms with Crippen LogP contribution in [-0.2, 0) is 15.3 Å². The van der Waals surface area contributed by atoms with E-state index in [2.05, 4.69) is 18.2 Å². The van der Waals surface area contributed by atoms with Crippen LogP contribution in [0.4, 0.5) is 0 Å². The van der Waals surface area contributed by atoms with E-state index in [1.54, 1.807) is 50.4 Å². The van der Waals surface area contributed by atoms with Crippen molar-refractivity contribution in [1.82, 2.24) is 0 Å². The molecule has 0 saturated carbocycles. The number of hydrogen-bond acceptors (Lipinski definition) is 7. The summed E-state index contributed by atoms with van der Waals surface area (Å²) < 4.78 is 17.7. The summed E-state index contributed by atoms with van der Waals surface area (Å²) in [6.07, 6.45) is -1.11. The minimum Gasteiger partial charge on any atom is -0.497 e. The highest BCUT2D eigenvalue weighted by atomic mass is 16.7. The van der Waals surface area contributed by atoms with Gasteiger partial charge in [0.2, 0.25) is 17.1 Å². The number of rotatable bonds is 3. The third-order valence-corrected chi connectivity index (χ3v) is 6.63. The standard InChI is InChI=1S/C24H20N4O3/c1-15-6-4-5-7-19(15)20-22(12-25,13-26)23(14-27)16(2)24(30-20,31-21(23)28)17-8-10-18(29-3)11-9-17/h4-11,16,20,28H,1-3H3. The van der Waals surface area contributed by atoms with Gasteiger partial charge in [0, 0.05) is 5.56 Å². The highest BCUT2D eigenvalue weighted by molar-refractivity contribution is 5.89. The smallest absolute Gasteiger partial charge is 0.244 e. The van der Waals surface area contributed by atoms with Gasteiger partial charge in [-0.1, -0.05) is 31.2 Å². The number of aryl methyl sites for hydroxylation is 1. The van der Waals surface area contributed by atoms with Crippen molar-refractivity contribution in [3.8, 4) is 24.0 Å². The summed E-state index contributed by atoms with van der Waals surface area (Å²) in [7, 11) is 1.55. The maximum atomic E-state index is 10.3. The molecule has 0 amide bonds. The van der Waals surface area contributed by atoms with Crippen LogP contribution in [0.25, 0.3) is 0 Å². The van der Waals surface area contributed by atoms with E-state index in [9.17, 15) is 15.8 Å². The van der Waals surface area contributed by atoms with E-state index in [0.717, 1.165) is 5.56 Å². The normalized spacial score (nSPS) is 30.4. The van der Waals surface area contributed by atoms with Crippen LogP contribution in [0.2, 0.25) is 0 Å². The van der Waals surface area contributed by atoms with Crippen molar-refractivity contribution < 1.29 is 14.2 Å². The SMILES string of the molecule is COc1ccc(C23OC(=N)C(C#N)(C2C)C(C#N)(C#N)C(c2ccccc2C)O3)cc1. The van der Waals surface area contributed by atoms with Crippen LogP contribution >= 0.6 is 0 Å². The molecule has 154 valence electrons. The summed E-state index contributed by atoms with van der Waals surface area (Å²) in [4.78, 5) is 0. The van der Waals surface area contributed by atoms with Crippen molar-refractivity contribution in [1.29, 1.82) is 21.2 Å². The molecule has 1 N–H and O–H groups in total. The monoisotopic (exact) mass is 412 g/mol. The lowest BCUT2D eigenvalue weighted by Crippen LogP contribution is -2.57. The fourth-order valence-corrected chi connectivity index (χ4v) is 4.85. The molecule has 2 heterocycles. The Bertz CT molecular complexity index is 1170. The molecular formula is C24H20N4O3. The summed E-state index contributed by atoms with van der Waals surface area (Å²) in [5.41, 5.74) is -1.81. The molecule has 2 aliphatic heterocycles. The second kappa shape index (κ2) is 6.84. The molecule has 2 saturated heterocycles. The van der Waals surface area contributed by atoms with Crippen LogP contribution in [-0.4, -0.2) is 13.0 Å². The van der Waals surface area contributed by atoms with Gasteiger partial charge in [-0.25, -0.2) is 0 Å². The molecule has 2 bridgehead atoms. The van der Waals surface area contributed by atoms with Gasteiger partial charge in [0.05, 0.1) is 31.2 Å². The predicted molar refractivity (Wildman–Crippen MR) is 109 cm³/mol. The van der Waals surface area contributed by atoms with Gasteiger partial charge < -0.3 is 14.2 Å². The molecule has 4 unspecified atom stereocenters. The molecule has 0 spiro atoms. The fraction of sp³-hybridized carbons (Fsp3) is 0.333. The minimum atomic E-state index is -1.98. The lowest BCUT2D eigenvalue weighted by Gasteiger charge is -2.49. The molecule has 31 heavy (non-hydrogen) atoms. The number of fused-ring (bicyclic) bond motifs is 2. The molecule has 2 aliphatic rings. The van der Waals surface area contributed by atoms with Gasteiger partial charge in [-0.3, -0.25) is 5.41 Å². The first kappa shape index (κ1) is 20.4. The predicted octanol–water partition coefficient (Wildman–Crippen LogP) is 4.12. The second-order valence-electron chi connectivity index (χ2n) is 7.85. The Labute approximate surface area is 180 Å². The Hall–Kier alpha value is -3.86. The Morgan fingerprint density at radius 2 is 1.65 bits per heavy atom. The van der Waals surface area contributed by atoms with Crippen molar-refractivity contribution >= 4 is 5.90 Å². The Balaban J connectivity index is 2.03. The number of nitrogens with one attached hydrogen (secondary N) is 1. The van der Waals surface area contributed by atoms with Gasteiger partial charge in [-0.05, 0) is 42.3 Å². The molecule has 0 aliphatic carbocycles. The van der Waals surface area contributed by atoms with Crippen LogP contribution in [0.1, 0.15) is 29.7 Å². The van der Waals surface area contributed by atoms with Crippen LogP contribution in [0.5, 0.6) is 5.75 Å². The topological polar surface area (TPSA) is 123 Å². The first-order chi connectivity index (χ1) is 14.9. The first-order valence-corrected chi connectivity index (χ1v) is 9.76. The number of methoxy groups -OCH3 is 1. The van der Waals surface area contributed by atoms with Gasteiger partial charge in [0.1, 0.15) is 11.9 Å². The highest BCUT2D eigenvalue weighted by Gasteiger charge is 2.79. The molecule has 2 fully saturated rings. The molecule has 4 rings (SSSR count). The maximum Gasteiger partial charge on any atom is 0.244 e. The zero-order valence-corrected chi connectivity index (χ0v) is 17.3. The Kier molecular flexibility index (Phi) is 4.51. The lowest BCUT2D eigenvalue weighted by atomic mass is 9.53. The summed E-state index contributed by atoms with van der Waals surface area (Å²) in [6.45, 7) is 3.54. The third kappa shape index (κ3) is 2.31. The van der Waals surface area contributed by atoms with Crippen LogP contribution in [0.15, 0.2) is 48.5 Å². The van der Waals surface area contributed by atoms with E-state index < -0.39 is 34.5 Å². The van der Waals surface area contributed by atoms with Crippen molar-refractivity contribution in [2.75, 3.05) is 7.11 Å². The van der Waals surface area contributed by atoms with Gasteiger partial charge in [0.15, 0.2) is 5.41 Å². The molecule has 7 nitrogen and oxygen atoms in total. The van der Waals surface area contributed by atoms with E-state index >= 15 is 0 Å². The average Bonchev–Trinajstić information content (AvgIpc) is 2.96. The van der Waals surface area contributed by atoms with Gasteiger partial charge in [-0.2, -0.15) is 15.8 Å². The molecule has 7 heteroatoms. The summed E-state index contributed by atoms with van der Waals surface area (Å²) in [6, 6.07) is 20.5. The third-order valence-electron chi connectivity index (χ3n) is 6.63. The molecule has 0 aromatic heterocycles. The second-order valence-corrected chi connectivity index (χ2v) is 7.85. The highest BCUT2D eigenvalue weighted by Crippen LogP contribution is 2.69. The molecule has 0 radical (unpaired) electrons. The fourth-order valence-electron chi connectivity index (χ4n) is 4.85. The Morgan fingerprint density at radius 1 is 1.00 bits per heavy atom. The van der Waals surface area contributed by atoms with E-state index in [-0.39, 0.29) is 0 Å². The Morgan fingerprint density at radius 3 is 2.19 bits per heavy atom. The van der Waals surface area contributed by atoms with Crippen molar-refractivity contribution in [2.24, 2.45) is 16.7 Å². The molecular weight excluding hydrogens is 392 g/mol. The largest absolute Gasteiger partial charge is 0.497 e.